The maximum atomic E-state index is 11.9. The zero-order valence-corrected chi connectivity index (χ0v) is 16.7. The Kier molecular flexibility index (Phi) is 4.88. The summed E-state index contributed by atoms with van der Waals surface area (Å²) < 4.78 is 13.0. The lowest BCUT2D eigenvalue weighted by atomic mass is 10.1. The van der Waals surface area contributed by atoms with Gasteiger partial charge in [-0.25, -0.2) is 4.79 Å². The molecule has 0 aliphatic heterocycles. The van der Waals surface area contributed by atoms with E-state index in [-0.39, 0.29) is 17.1 Å². The Bertz CT molecular complexity index is 1130. The summed E-state index contributed by atoms with van der Waals surface area (Å²) in [6.45, 7) is 7.59. The van der Waals surface area contributed by atoms with E-state index in [9.17, 15) is 4.79 Å². The summed E-state index contributed by atoms with van der Waals surface area (Å²) in [5, 5.41) is 2.59. The van der Waals surface area contributed by atoms with Crippen LogP contribution < -0.4 is 4.74 Å². The summed E-state index contributed by atoms with van der Waals surface area (Å²) in [7, 11) is -0.172. The van der Waals surface area contributed by atoms with Gasteiger partial charge in [0.25, 0.3) is 0 Å². The molecule has 0 spiro atoms. The molecule has 0 aliphatic carbocycles. The minimum Gasteiger partial charge on any atom is -0.430 e. The van der Waals surface area contributed by atoms with E-state index in [1.54, 1.807) is 0 Å². The molecule has 4 aromatic rings. The summed E-state index contributed by atoms with van der Waals surface area (Å²) in [6, 6.07) is 21.4. The van der Waals surface area contributed by atoms with Crippen LogP contribution in [0.3, 0.4) is 0 Å². The molecule has 0 saturated heterocycles. The third kappa shape index (κ3) is 3.16. The Morgan fingerprint density at radius 3 is 2.04 bits per heavy atom. The Hall–Kier alpha value is -3.11. The molecule has 4 heteroatoms. The van der Waals surface area contributed by atoms with Gasteiger partial charge in [0.2, 0.25) is 0 Å². The summed E-state index contributed by atoms with van der Waals surface area (Å²) in [4.78, 5) is 13.1. The summed E-state index contributed by atoms with van der Waals surface area (Å²) in [6.07, 6.45) is 0.804. The molecule has 0 amide bonds. The Morgan fingerprint density at radius 1 is 0.964 bits per heavy atom. The molecule has 3 aromatic carbocycles. The zero-order chi connectivity index (χ0) is 19.7. The van der Waals surface area contributed by atoms with Crippen molar-refractivity contribution < 1.29 is 14.3 Å². The van der Waals surface area contributed by atoms with Crippen LogP contribution in [0.5, 0.6) is 5.75 Å². The van der Waals surface area contributed by atoms with Crippen molar-refractivity contribution in [1.82, 2.24) is 0 Å². The van der Waals surface area contributed by atoms with Gasteiger partial charge in [-0.2, -0.15) is 0 Å². The third-order valence-electron chi connectivity index (χ3n) is 4.68. The van der Waals surface area contributed by atoms with Gasteiger partial charge in [-0.05, 0) is 49.2 Å². The lowest BCUT2D eigenvalue weighted by Gasteiger charge is -2.10. The number of benzene rings is 3. The molecule has 4 rings (SSSR count). The minimum atomic E-state index is -0.710. The minimum absolute atomic E-state index is 0.131. The van der Waals surface area contributed by atoms with Crippen molar-refractivity contribution in [3.8, 4) is 10.6 Å². The standard InChI is InChI=1S/C24H21O3S/c1-4-13-26-24(25)27-23-16(2)14-18(15-17(23)3)28-21-11-7-5-9-19(21)20-10-6-8-12-22(20)28/h4-12,14-15H,1,13H2,2-3H3/q+1. The van der Waals surface area contributed by atoms with Crippen molar-refractivity contribution in [3.63, 3.8) is 0 Å². The quantitative estimate of drug-likeness (QED) is 0.162. The molecule has 1 heterocycles. The lowest BCUT2D eigenvalue weighted by molar-refractivity contribution is 0.109. The number of hydrogen-bond acceptors (Lipinski definition) is 3. The van der Waals surface area contributed by atoms with Crippen molar-refractivity contribution in [2.24, 2.45) is 0 Å². The molecule has 0 unspecified atom stereocenters. The highest BCUT2D eigenvalue weighted by atomic mass is 32.2. The average molecular weight is 389 g/mol. The van der Waals surface area contributed by atoms with Gasteiger partial charge in [0.15, 0.2) is 14.3 Å². The average Bonchev–Trinajstić information content (AvgIpc) is 3.03. The van der Waals surface area contributed by atoms with Crippen molar-refractivity contribution in [1.29, 1.82) is 0 Å². The molecule has 0 N–H and O–H groups in total. The van der Waals surface area contributed by atoms with Gasteiger partial charge in [-0.3, -0.25) is 0 Å². The fraction of sp³-hybridized carbons (Fsp3) is 0.125. The van der Waals surface area contributed by atoms with Crippen LogP contribution in [0.1, 0.15) is 11.1 Å². The molecule has 3 nitrogen and oxygen atoms in total. The second-order valence-corrected chi connectivity index (χ2v) is 8.60. The maximum Gasteiger partial charge on any atom is 0.514 e. The van der Waals surface area contributed by atoms with Gasteiger partial charge in [0.05, 0.1) is 0 Å². The van der Waals surface area contributed by atoms with Crippen LogP contribution in [0.4, 0.5) is 4.79 Å². The molecule has 0 saturated carbocycles. The first-order valence-corrected chi connectivity index (χ1v) is 10.3. The molecular weight excluding hydrogens is 368 g/mol. The number of rotatable bonds is 4. The van der Waals surface area contributed by atoms with E-state index in [0.717, 1.165) is 11.1 Å². The monoisotopic (exact) mass is 389 g/mol. The van der Waals surface area contributed by atoms with E-state index < -0.39 is 6.16 Å². The second kappa shape index (κ2) is 7.49. The molecule has 0 bridgehead atoms. The normalized spacial score (nSPS) is 10.9. The highest BCUT2D eigenvalue weighted by molar-refractivity contribution is 7.50. The molecular formula is C24H21O3S+. The van der Waals surface area contributed by atoms with Crippen LogP contribution >= 0.6 is 10.5 Å². The molecule has 0 atom stereocenters. The highest BCUT2D eigenvalue weighted by Gasteiger charge is 2.25. The van der Waals surface area contributed by atoms with E-state index >= 15 is 0 Å². The van der Waals surface area contributed by atoms with Crippen LogP contribution in [0.25, 0.3) is 25.1 Å². The van der Waals surface area contributed by atoms with E-state index in [2.05, 4.69) is 67.2 Å². The first-order valence-electron chi connectivity index (χ1n) is 9.09. The number of carbonyl (C=O) groups excluding carboxylic acids is 1. The first-order chi connectivity index (χ1) is 13.6. The fourth-order valence-electron chi connectivity index (χ4n) is 3.54. The number of hydrogen-bond donors (Lipinski definition) is 0. The predicted octanol–water partition coefficient (Wildman–Crippen LogP) is 7.05. The van der Waals surface area contributed by atoms with Crippen molar-refractivity contribution >= 4 is 36.8 Å². The van der Waals surface area contributed by atoms with Crippen LogP contribution in [-0.2, 0) is 4.74 Å². The van der Waals surface area contributed by atoms with Crippen molar-refractivity contribution in [3.05, 3.63) is 84.4 Å². The van der Waals surface area contributed by atoms with E-state index in [4.69, 9.17) is 9.47 Å². The Morgan fingerprint density at radius 2 is 1.50 bits per heavy atom. The Labute approximate surface area is 166 Å². The van der Waals surface area contributed by atoms with Crippen LogP contribution in [0.15, 0.2) is 73.3 Å². The summed E-state index contributed by atoms with van der Waals surface area (Å²) >= 11 is 0. The topological polar surface area (TPSA) is 35.5 Å². The predicted molar refractivity (Wildman–Crippen MR) is 117 cm³/mol. The molecule has 0 radical (unpaired) electrons. The number of ether oxygens (including phenoxy) is 2. The lowest BCUT2D eigenvalue weighted by Crippen LogP contribution is -2.12. The van der Waals surface area contributed by atoms with Crippen LogP contribution in [0.2, 0.25) is 0 Å². The summed E-state index contributed by atoms with van der Waals surface area (Å²) in [5.74, 6) is 0.558. The van der Waals surface area contributed by atoms with Gasteiger partial charge in [-0.15, -0.1) is 0 Å². The number of thiophene rings is 1. The molecule has 0 aliphatic rings. The van der Waals surface area contributed by atoms with E-state index in [1.807, 2.05) is 13.8 Å². The second-order valence-electron chi connectivity index (χ2n) is 6.64. The fourth-order valence-corrected chi connectivity index (χ4v) is 6.10. The molecule has 1 aromatic heterocycles. The maximum absolute atomic E-state index is 11.9. The Balaban J connectivity index is 1.84. The van der Waals surface area contributed by atoms with E-state index in [1.165, 1.54) is 31.1 Å². The van der Waals surface area contributed by atoms with Crippen LogP contribution in [0, 0.1) is 13.8 Å². The van der Waals surface area contributed by atoms with Gasteiger partial charge in [0.1, 0.15) is 12.4 Å². The van der Waals surface area contributed by atoms with Gasteiger partial charge >= 0.3 is 6.16 Å². The summed E-state index contributed by atoms with van der Waals surface area (Å²) in [5.41, 5.74) is 1.83. The zero-order valence-electron chi connectivity index (χ0n) is 15.9. The van der Waals surface area contributed by atoms with Crippen molar-refractivity contribution in [2.45, 2.75) is 13.8 Å². The number of aryl methyl sites for hydroxylation is 2. The molecule has 0 fully saturated rings. The molecule has 140 valence electrons. The largest absolute Gasteiger partial charge is 0.514 e. The smallest absolute Gasteiger partial charge is 0.430 e. The van der Waals surface area contributed by atoms with Crippen LogP contribution in [-0.4, -0.2) is 12.8 Å². The van der Waals surface area contributed by atoms with Crippen molar-refractivity contribution in [2.75, 3.05) is 6.61 Å². The number of carbonyl (C=O) groups is 1. The van der Waals surface area contributed by atoms with Gasteiger partial charge < -0.3 is 9.47 Å². The van der Waals surface area contributed by atoms with Gasteiger partial charge in [0, 0.05) is 33.4 Å². The third-order valence-corrected chi connectivity index (χ3v) is 6.98. The first kappa shape index (κ1) is 18.3. The number of fused-ring (bicyclic) bond motifs is 3. The SMILES string of the molecule is C=CCOC(=O)Oc1c(C)cc(-[s+]2c3ccccc3c3ccccc32)cc1C. The highest BCUT2D eigenvalue weighted by Crippen LogP contribution is 2.49. The molecule has 28 heavy (non-hydrogen) atoms. The van der Waals surface area contributed by atoms with Gasteiger partial charge in [-0.1, -0.05) is 36.9 Å². The van der Waals surface area contributed by atoms with E-state index in [0.29, 0.717) is 5.75 Å².